The Morgan fingerprint density at radius 1 is 1.32 bits per heavy atom. The van der Waals surface area contributed by atoms with Crippen LogP contribution in [-0.2, 0) is 22.5 Å². The van der Waals surface area contributed by atoms with E-state index >= 15 is 0 Å². The number of hydrogen-bond acceptors (Lipinski definition) is 6. The molecule has 0 radical (unpaired) electrons. The fraction of sp³-hybridized carbons (Fsp3) is 0.630. The Bertz CT molecular complexity index is 1010. The molecule has 2 aliphatic carbocycles. The second kappa shape index (κ2) is 9.59. The average molecular weight is 484 g/mol. The molecule has 2 aromatic rings. The van der Waals surface area contributed by atoms with Gasteiger partial charge in [0.15, 0.2) is 5.13 Å². The number of amides is 1. The van der Waals surface area contributed by atoms with Gasteiger partial charge >= 0.3 is 0 Å². The average Bonchev–Trinajstić information content (AvgIpc) is 3.26. The van der Waals surface area contributed by atoms with Crippen LogP contribution >= 0.6 is 11.3 Å². The number of aliphatic hydroxyl groups is 1. The van der Waals surface area contributed by atoms with Gasteiger partial charge in [-0.1, -0.05) is 51.1 Å². The van der Waals surface area contributed by atoms with E-state index in [1.165, 1.54) is 10.4 Å². The summed E-state index contributed by atoms with van der Waals surface area (Å²) in [6.07, 6.45) is 2.39. The first-order chi connectivity index (χ1) is 16.4. The van der Waals surface area contributed by atoms with Gasteiger partial charge in [0.25, 0.3) is 0 Å². The van der Waals surface area contributed by atoms with Gasteiger partial charge in [-0.25, -0.2) is 4.98 Å². The molecule has 5 rings (SSSR count). The molecule has 3 aliphatic rings. The first-order valence-electron chi connectivity index (χ1n) is 12.7. The first kappa shape index (κ1) is 23.8. The second-order valence-electron chi connectivity index (χ2n) is 10.7. The van der Waals surface area contributed by atoms with Crippen molar-refractivity contribution in [3.63, 3.8) is 0 Å². The Kier molecular flexibility index (Phi) is 6.70. The first-order valence-corrected chi connectivity index (χ1v) is 13.5. The summed E-state index contributed by atoms with van der Waals surface area (Å²) in [6.45, 7) is 9.86. The summed E-state index contributed by atoms with van der Waals surface area (Å²) in [5, 5.41) is 16.1. The van der Waals surface area contributed by atoms with Gasteiger partial charge in [0.2, 0.25) is 5.91 Å². The van der Waals surface area contributed by atoms with Crippen LogP contribution < -0.4 is 5.32 Å². The number of fused-ring (bicyclic) bond motifs is 2. The molecule has 2 heterocycles. The Morgan fingerprint density at radius 2 is 2.06 bits per heavy atom. The maximum atomic E-state index is 13.2. The molecule has 0 bridgehead atoms. The number of morpholine rings is 1. The number of ether oxygens (including phenoxy) is 1. The number of nitrogens with one attached hydrogen (secondary N) is 1. The third-order valence-corrected chi connectivity index (χ3v) is 9.59. The summed E-state index contributed by atoms with van der Waals surface area (Å²) >= 11 is 1.77. The molecule has 1 saturated carbocycles. The zero-order valence-corrected chi connectivity index (χ0v) is 21.3. The molecule has 34 heavy (non-hydrogen) atoms. The molecule has 7 heteroatoms. The number of hydrogen-bond donors (Lipinski definition) is 2. The maximum Gasteiger partial charge on any atom is 0.225 e. The quantitative estimate of drug-likeness (QED) is 0.663. The van der Waals surface area contributed by atoms with E-state index < -0.39 is 6.10 Å². The van der Waals surface area contributed by atoms with Crippen LogP contribution in [0, 0.1) is 23.2 Å². The Morgan fingerprint density at radius 3 is 2.79 bits per heavy atom. The van der Waals surface area contributed by atoms with E-state index in [0.717, 1.165) is 36.6 Å². The van der Waals surface area contributed by atoms with E-state index in [2.05, 4.69) is 43.4 Å². The van der Waals surface area contributed by atoms with E-state index in [0.29, 0.717) is 26.3 Å². The van der Waals surface area contributed by atoms with Gasteiger partial charge in [-0.2, -0.15) is 0 Å². The number of benzene rings is 1. The standard InChI is InChI=1S/C27H37N3O3S/c1-17(25(32)30-11-13-33-14-12-30)20-9-10-27(3)15-21-23(18(2)22(27)24(20)31)29-26(34-21)28-16-19-7-5-4-6-8-19/h4-8,17-18,20,22,24,31H,9-16H2,1-3H3,(H,28,29). The molecule has 1 aromatic heterocycles. The van der Waals surface area contributed by atoms with Crippen LogP contribution in [0.15, 0.2) is 30.3 Å². The van der Waals surface area contributed by atoms with E-state index in [9.17, 15) is 9.90 Å². The van der Waals surface area contributed by atoms with E-state index in [4.69, 9.17) is 9.72 Å². The summed E-state index contributed by atoms with van der Waals surface area (Å²) in [5.74, 6) is 0.265. The minimum absolute atomic E-state index is 0.00766. The lowest BCUT2D eigenvalue weighted by Crippen LogP contribution is -2.54. The highest BCUT2D eigenvalue weighted by Gasteiger charge is 2.54. The molecule has 1 saturated heterocycles. The van der Waals surface area contributed by atoms with Gasteiger partial charge in [0, 0.05) is 36.3 Å². The van der Waals surface area contributed by atoms with Crippen molar-refractivity contribution in [2.45, 2.75) is 58.6 Å². The third kappa shape index (κ3) is 4.38. The van der Waals surface area contributed by atoms with E-state index in [1.807, 2.05) is 17.9 Å². The molecule has 6 atom stereocenters. The number of thiazole rings is 1. The monoisotopic (exact) mass is 483 g/mol. The topological polar surface area (TPSA) is 74.7 Å². The fourth-order valence-corrected chi connectivity index (χ4v) is 7.91. The zero-order valence-electron chi connectivity index (χ0n) is 20.5. The number of carbonyl (C=O) groups excluding carboxylic acids is 1. The fourth-order valence-electron chi connectivity index (χ4n) is 6.65. The number of aliphatic hydroxyl groups excluding tert-OH is 1. The number of rotatable bonds is 5. The lowest BCUT2D eigenvalue weighted by atomic mass is 9.53. The molecule has 0 spiro atoms. The second-order valence-corrected chi connectivity index (χ2v) is 11.8. The highest BCUT2D eigenvalue weighted by molar-refractivity contribution is 7.15. The highest BCUT2D eigenvalue weighted by Crippen LogP contribution is 2.57. The van der Waals surface area contributed by atoms with Gasteiger partial charge in [0.1, 0.15) is 0 Å². The SMILES string of the molecule is CC(C(=O)N1CCOCC1)C1CCC2(C)Cc3sc(NCc4ccccc4)nc3C(C)C2C1O. The van der Waals surface area contributed by atoms with Crippen molar-refractivity contribution in [2.24, 2.45) is 23.2 Å². The summed E-state index contributed by atoms with van der Waals surface area (Å²) in [5.41, 5.74) is 2.41. The Balaban J connectivity index is 1.32. The maximum absolute atomic E-state index is 13.2. The number of aromatic nitrogens is 1. The van der Waals surface area contributed by atoms with Crippen molar-refractivity contribution in [3.8, 4) is 0 Å². The number of nitrogens with zero attached hydrogens (tertiary/aromatic N) is 2. The van der Waals surface area contributed by atoms with E-state index in [-0.39, 0.29) is 35.0 Å². The summed E-state index contributed by atoms with van der Waals surface area (Å²) in [4.78, 5) is 21.5. The van der Waals surface area contributed by atoms with Crippen LogP contribution in [0.1, 0.15) is 55.7 Å². The minimum atomic E-state index is -0.496. The van der Waals surface area contributed by atoms with Gasteiger partial charge in [-0.3, -0.25) is 4.79 Å². The summed E-state index contributed by atoms with van der Waals surface area (Å²) in [6, 6.07) is 10.4. The van der Waals surface area contributed by atoms with Crippen LogP contribution in [0.25, 0.3) is 0 Å². The third-order valence-electron chi connectivity index (χ3n) is 8.56. The van der Waals surface area contributed by atoms with Crippen molar-refractivity contribution in [2.75, 3.05) is 31.6 Å². The molecule has 1 aromatic carbocycles. The molecular weight excluding hydrogens is 446 g/mol. The molecule has 6 unspecified atom stereocenters. The molecule has 2 N–H and O–H groups in total. The number of carbonyl (C=O) groups is 1. The van der Waals surface area contributed by atoms with Crippen LogP contribution in [-0.4, -0.2) is 53.3 Å². The normalized spacial score (nSPS) is 31.9. The minimum Gasteiger partial charge on any atom is -0.392 e. The molecule has 1 aliphatic heterocycles. The number of anilines is 1. The zero-order chi connectivity index (χ0) is 23.9. The van der Waals surface area contributed by atoms with Crippen molar-refractivity contribution in [1.82, 2.24) is 9.88 Å². The Labute approximate surface area is 206 Å². The molecule has 184 valence electrons. The lowest BCUT2D eigenvalue weighted by molar-refractivity contribution is -0.148. The molecule has 2 fully saturated rings. The van der Waals surface area contributed by atoms with Crippen molar-refractivity contribution >= 4 is 22.4 Å². The van der Waals surface area contributed by atoms with Crippen molar-refractivity contribution in [1.29, 1.82) is 0 Å². The van der Waals surface area contributed by atoms with Gasteiger partial charge in [-0.05, 0) is 42.1 Å². The Hall–Kier alpha value is -1.96. The predicted octanol–water partition coefficient (Wildman–Crippen LogP) is 4.30. The molecule has 1 amide bonds. The van der Waals surface area contributed by atoms with E-state index in [1.54, 1.807) is 11.3 Å². The summed E-state index contributed by atoms with van der Waals surface area (Å²) in [7, 11) is 0. The predicted molar refractivity (Wildman–Crippen MR) is 135 cm³/mol. The molecule has 6 nitrogen and oxygen atoms in total. The van der Waals surface area contributed by atoms with Crippen LogP contribution in [0.5, 0.6) is 0 Å². The largest absolute Gasteiger partial charge is 0.392 e. The smallest absolute Gasteiger partial charge is 0.225 e. The molecular formula is C27H37N3O3S. The van der Waals surface area contributed by atoms with Gasteiger partial charge < -0.3 is 20.1 Å². The van der Waals surface area contributed by atoms with Crippen LogP contribution in [0.2, 0.25) is 0 Å². The van der Waals surface area contributed by atoms with Gasteiger partial charge in [0.05, 0.1) is 25.0 Å². The van der Waals surface area contributed by atoms with Crippen LogP contribution in [0.3, 0.4) is 0 Å². The highest BCUT2D eigenvalue weighted by atomic mass is 32.1. The van der Waals surface area contributed by atoms with Crippen LogP contribution in [0.4, 0.5) is 5.13 Å². The van der Waals surface area contributed by atoms with Gasteiger partial charge in [-0.15, -0.1) is 11.3 Å². The van der Waals surface area contributed by atoms with Crippen molar-refractivity contribution < 1.29 is 14.6 Å². The summed E-state index contributed by atoms with van der Waals surface area (Å²) < 4.78 is 5.42. The lowest BCUT2D eigenvalue weighted by Gasteiger charge is -2.53. The van der Waals surface area contributed by atoms with Crippen molar-refractivity contribution in [3.05, 3.63) is 46.5 Å².